The van der Waals surface area contributed by atoms with Gasteiger partial charge in [-0.2, -0.15) is 0 Å². The van der Waals surface area contributed by atoms with Gasteiger partial charge >= 0.3 is 0 Å². The van der Waals surface area contributed by atoms with Gasteiger partial charge in [-0.1, -0.05) is 19.1 Å². The Hall–Kier alpha value is -2.27. The van der Waals surface area contributed by atoms with Crippen molar-refractivity contribution in [3.05, 3.63) is 47.8 Å². The summed E-state index contributed by atoms with van der Waals surface area (Å²) in [6.07, 6.45) is 5.55. The highest BCUT2D eigenvalue weighted by molar-refractivity contribution is 6.01. The zero-order valence-corrected chi connectivity index (χ0v) is 14.3. The molecular weight excluding hydrogens is 300 g/mol. The Labute approximate surface area is 142 Å². The van der Waals surface area contributed by atoms with Gasteiger partial charge in [0.25, 0.3) is 5.91 Å². The van der Waals surface area contributed by atoms with E-state index in [0.717, 1.165) is 30.5 Å². The van der Waals surface area contributed by atoms with Gasteiger partial charge in [-0.05, 0) is 43.4 Å². The number of aryl methyl sites for hydroxylation is 1. The van der Waals surface area contributed by atoms with Gasteiger partial charge in [-0.25, -0.2) is 9.97 Å². The smallest absolute Gasteiger partial charge is 0.254 e. The third-order valence-electron chi connectivity index (χ3n) is 4.91. The van der Waals surface area contributed by atoms with Gasteiger partial charge in [-0.15, -0.1) is 0 Å². The number of nitrogens with two attached hydrogens (primary N) is 1. The fourth-order valence-electron chi connectivity index (χ4n) is 3.59. The summed E-state index contributed by atoms with van der Waals surface area (Å²) in [5.74, 6) is 1.05. The number of amides is 1. The van der Waals surface area contributed by atoms with Crippen molar-refractivity contribution in [2.45, 2.75) is 32.7 Å². The Balaban J connectivity index is 2.03. The van der Waals surface area contributed by atoms with Crippen molar-refractivity contribution in [2.24, 2.45) is 11.7 Å². The van der Waals surface area contributed by atoms with Crippen LogP contribution in [0.3, 0.4) is 0 Å². The highest BCUT2D eigenvalue weighted by atomic mass is 16.2. The highest BCUT2D eigenvalue weighted by Crippen LogP contribution is 2.29. The van der Waals surface area contributed by atoms with Crippen molar-refractivity contribution in [3.63, 3.8) is 0 Å². The second-order valence-corrected chi connectivity index (χ2v) is 6.49. The molecule has 1 saturated heterocycles. The number of carbonyl (C=O) groups is 1. The van der Waals surface area contributed by atoms with Crippen LogP contribution in [0.2, 0.25) is 0 Å². The van der Waals surface area contributed by atoms with Gasteiger partial charge in [0.15, 0.2) is 5.82 Å². The lowest BCUT2D eigenvalue weighted by Gasteiger charge is -2.39. The number of rotatable bonds is 3. The summed E-state index contributed by atoms with van der Waals surface area (Å²) in [7, 11) is 0. The summed E-state index contributed by atoms with van der Waals surface area (Å²) >= 11 is 0. The minimum absolute atomic E-state index is 0.0307. The molecule has 1 aliphatic heterocycles. The molecule has 0 aliphatic carbocycles. The summed E-state index contributed by atoms with van der Waals surface area (Å²) in [4.78, 5) is 23.9. The lowest BCUT2D eigenvalue weighted by Crippen LogP contribution is -2.51. The summed E-state index contributed by atoms with van der Waals surface area (Å²) in [5.41, 5.74) is 8.44. The van der Waals surface area contributed by atoms with Gasteiger partial charge in [0.1, 0.15) is 0 Å². The summed E-state index contributed by atoms with van der Waals surface area (Å²) in [6.45, 7) is 5.42. The maximum absolute atomic E-state index is 13.3. The summed E-state index contributed by atoms with van der Waals surface area (Å²) in [6, 6.07) is 7.64. The first kappa shape index (κ1) is 16.6. The molecule has 2 aromatic rings. The summed E-state index contributed by atoms with van der Waals surface area (Å²) in [5, 5.41) is 0. The second-order valence-electron chi connectivity index (χ2n) is 6.49. The van der Waals surface area contributed by atoms with E-state index < -0.39 is 0 Å². The zero-order valence-electron chi connectivity index (χ0n) is 14.3. The molecule has 5 nitrogen and oxygen atoms in total. The molecule has 1 fully saturated rings. The lowest BCUT2D eigenvalue weighted by atomic mass is 9.89. The van der Waals surface area contributed by atoms with Crippen molar-refractivity contribution < 1.29 is 4.79 Å². The number of nitrogens with zero attached hydrogens (tertiary/aromatic N) is 3. The van der Waals surface area contributed by atoms with Gasteiger partial charge in [-0.3, -0.25) is 4.79 Å². The van der Waals surface area contributed by atoms with Crippen LogP contribution in [0.5, 0.6) is 0 Å². The van der Waals surface area contributed by atoms with E-state index in [1.54, 1.807) is 18.5 Å². The molecule has 1 amide bonds. The van der Waals surface area contributed by atoms with Gasteiger partial charge in [0.05, 0.1) is 5.56 Å². The van der Waals surface area contributed by atoms with Crippen molar-refractivity contribution in [1.29, 1.82) is 0 Å². The fourth-order valence-corrected chi connectivity index (χ4v) is 3.59. The van der Waals surface area contributed by atoms with Crippen LogP contribution in [0.15, 0.2) is 36.7 Å². The van der Waals surface area contributed by atoms with Crippen LogP contribution in [-0.2, 0) is 0 Å². The molecule has 0 radical (unpaired) electrons. The van der Waals surface area contributed by atoms with E-state index in [-0.39, 0.29) is 11.9 Å². The first-order valence-electron chi connectivity index (χ1n) is 8.51. The first-order valence-corrected chi connectivity index (χ1v) is 8.51. The zero-order chi connectivity index (χ0) is 17.1. The highest BCUT2D eigenvalue weighted by Gasteiger charge is 2.32. The number of hydrogen-bond donors (Lipinski definition) is 1. The molecule has 2 N–H and O–H groups in total. The predicted molar refractivity (Wildman–Crippen MR) is 94.5 cm³/mol. The third-order valence-corrected chi connectivity index (χ3v) is 4.91. The molecule has 5 heteroatoms. The lowest BCUT2D eigenvalue weighted by molar-refractivity contribution is 0.0533. The molecule has 3 rings (SSSR count). The Morgan fingerprint density at radius 1 is 1.29 bits per heavy atom. The SMILES string of the molecule is Cc1cccc(C(=O)N2CCC[C@@H](C)[C@H]2CN)c1-c1ncccn1. The van der Waals surface area contributed by atoms with E-state index in [1.165, 1.54) is 0 Å². The van der Waals surface area contributed by atoms with E-state index >= 15 is 0 Å². The van der Waals surface area contributed by atoms with E-state index in [4.69, 9.17) is 5.73 Å². The number of aromatic nitrogens is 2. The number of hydrogen-bond acceptors (Lipinski definition) is 4. The molecule has 2 heterocycles. The molecule has 0 saturated carbocycles. The summed E-state index contributed by atoms with van der Waals surface area (Å²) < 4.78 is 0. The molecule has 0 unspecified atom stereocenters. The van der Waals surface area contributed by atoms with Crippen LogP contribution < -0.4 is 5.73 Å². The average Bonchev–Trinajstić information content (AvgIpc) is 2.61. The Morgan fingerprint density at radius 2 is 2.04 bits per heavy atom. The first-order chi connectivity index (χ1) is 11.6. The van der Waals surface area contributed by atoms with Crippen molar-refractivity contribution >= 4 is 5.91 Å². The second kappa shape index (κ2) is 7.09. The van der Waals surface area contributed by atoms with Crippen LogP contribution >= 0.6 is 0 Å². The molecule has 0 bridgehead atoms. The molecule has 2 atom stereocenters. The van der Waals surface area contributed by atoms with Crippen LogP contribution in [0.25, 0.3) is 11.4 Å². The number of piperidine rings is 1. The Kier molecular flexibility index (Phi) is 4.90. The molecule has 1 aromatic heterocycles. The molecule has 1 aliphatic rings. The van der Waals surface area contributed by atoms with E-state index in [2.05, 4.69) is 16.9 Å². The maximum Gasteiger partial charge on any atom is 0.254 e. The number of benzene rings is 1. The maximum atomic E-state index is 13.3. The topological polar surface area (TPSA) is 72.1 Å². The van der Waals surface area contributed by atoms with Crippen LogP contribution in [-0.4, -0.2) is 39.9 Å². The minimum Gasteiger partial charge on any atom is -0.334 e. The van der Waals surface area contributed by atoms with E-state index in [0.29, 0.717) is 23.9 Å². The Morgan fingerprint density at radius 3 is 2.75 bits per heavy atom. The molecule has 126 valence electrons. The minimum atomic E-state index is 0.0307. The molecule has 0 spiro atoms. The van der Waals surface area contributed by atoms with Crippen LogP contribution in [0.4, 0.5) is 0 Å². The van der Waals surface area contributed by atoms with Crippen molar-refractivity contribution in [3.8, 4) is 11.4 Å². The number of likely N-dealkylation sites (tertiary alicyclic amines) is 1. The van der Waals surface area contributed by atoms with Gasteiger partial charge in [0.2, 0.25) is 0 Å². The molecular formula is C19H24N4O. The quantitative estimate of drug-likeness (QED) is 0.942. The molecule has 1 aromatic carbocycles. The number of carbonyl (C=O) groups excluding carboxylic acids is 1. The normalized spacial score (nSPS) is 20.9. The van der Waals surface area contributed by atoms with Crippen molar-refractivity contribution in [1.82, 2.24) is 14.9 Å². The average molecular weight is 324 g/mol. The van der Waals surface area contributed by atoms with E-state index in [1.807, 2.05) is 30.0 Å². The van der Waals surface area contributed by atoms with Crippen molar-refractivity contribution in [2.75, 3.05) is 13.1 Å². The standard InChI is InChI=1S/C19H24N4O/c1-13-7-4-11-23(16(13)12-20)19(24)15-8-3-6-14(2)17(15)18-21-9-5-10-22-18/h3,5-6,8-10,13,16H,4,7,11-12,20H2,1-2H3/t13-,16-/m1/s1. The van der Waals surface area contributed by atoms with E-state index in [9.17, 15) is 4.79 Å². The molecule has 24 heavy (non-hydrogen) atoms. The predicted octanol–water partition coefficient (Wildman–Crippen LogP) is 2.65. The third kappa shape index (κ3) is 3.04. The van der Waals surface area contributed by atoms with Crippen LogP contribution in [0, 0.1) is 12.8 Å². The van der Waals surface area contributed by atoms with Gasteiger partial charge < -0.3 is 10.6 Å². The largest absolute Gasteiger partial charge is 0.334 e. The Bertz CT molecular complexity index is 717. The monoisotopic (exact) mass is 324 g/mol. The fraction of sp³-hybridized carbons (Fsp3) is 0.421. The van der Waals surface area contributed by atoms with Gasteiger partial charge in [0, 0.05) is 37.1 Å². The van der Waals surface area contributed by atoms with Crippen LogP contribution in [0.1, 0.15) is 35.7 Å².